The highest BCUT2D eigenvalue weighted by Crippen LogP contribution is 2.16. The van der Waals surface area contributed by atoms with Crippen LogP contribution in [0.25, 0.3) is 0 Å². The smallest absolute Gasteiger partial charge is 0.320 e. The molecule has 0 fully saturated rings. The van der Waals surface area contributed by atoms with Gasteiger partial charge in [0.25, 0.3) is 0 Å². The molecule has 1 N–H and O–H groups in total. The fourth-order valence-corrected chi connectivity index (χ4v) is 2.52. The molecule has 0 aromatic carbocycles. The highest BCUT2D eigenvalue weighted by atomic mass is 16.6. The number of unbranched alkanes of at least 4 members (excludes halogenated alkanes) is 8. The van der Waals surface area contributed by atoms with E-state index in [0.717, 1.165) is 32.1 Å². The average Bonchev–Trinajstić information content (AvgIpc) is 2.53. The SMILES string of the molecule is CCOC(=O)C(CCCCCCCCCCCO)C(=O)OCC. The third-order valence-electron chi connectivity index (χ3n) is 3.79. The Hall–Kier alpha value is -1.10. The van der Waals surface area contributed by atoms with Crippen molar-refractivity contribution in [2.24, 2.45) is 5.92 Å². The van der Waals surface area contributed by atoms with Gasteiger partial charge in [-0.3, -0.25) is 9.59 Å². The van der Waals surface area contributed by atoms with Gasteiger partial charge in [-0.05, 0) is 26.7 Å². The Morgan fingerprint density at radius 2 is 1.13 bits per heavy atom. The second-order valence-electron chi connectivity index (χ2n) is 5.75. The molecule has 0 rings (SSSR count). The first-order chi connectivity index (χ1) is 11.2. The van der Waals surface area contributed by atoms with Crippen molar-refractivity contribution >= 4 is 11.9 Å². The van der Waals surface area contributed by atoms with Crippen LogP contribution in [0.2, 0.25) is 0 Å². The maximum absolute atomic E-state index is 11.8. The van der Waals surface area contributed by atoms with Gasteiger partial charge in [0.2, 0.25) is 0 Å². The summed E-state index contributed by atoms with van der Waals surface area (Å²) >= 11 is 0. The minimum Gasteiger partial charge on any atom is -0.465 e. The van der Waals surface area contributed by atoms with Crippen molar-refractivity contribution in [1.82, 2.24) is 0 Å². The van der Waals surface area contributed by atoms with E-state index in [2.05, 4.69) is 0 Å². The highest BCUT2D eigenvalue weighted by molar-refractivity contribution is 5.94. The molecule has 0 aliphatic rings. The van der Waals surface area contributed by atoms with Gasteiger partial charge in [-0.15, -0.1) is 0 Å². The molecule has 0 aromatic heterocycles. The van der Waals surface area contributed by atoms with Gasteiger partial charge in [-0.1, -0.05) is 51.4 Å². The fourth-order valence-electron chi connectivity index (χ4n) is 2.52. The fraction of sp³-hybridized carbons (Fsp3) is 0.889. The molecule has 136 valence electrons. The molecule has 0 spiro atoms. The van der Waals surface area contributed by atoms with Gasteiger partial charge in [0, 0.05) is 6.61 Å². The molecule has 0 aliphatic carbocycles. The highest BCUT2D eigenvalue weighted by Gasteiger charge is 2.28. The number of carbonyl (C=O) groups excluding carboxylic acids is 2. The van der Waals surface area contributed by atoms with E-state index in [4.69, 9.17) is 14.6 Å². The Kier molecular flexibility index (Phi) is 15.0. The maximum atomic E-state index is 11.8. The molecule has 5 nitrogen and oxygen atoms in total. The Morgan fingerprint density at radius 3 is 1.52 bits per heavy atom. The molecule has 0 aromatic rings. The van der Waals surface area contributed by atoms with Crippen molar-refractivity contribution < 1.29 is 24.2 Å². The summed E-state index contributed by atoms with van der Waals surface area (Å²) in [6, 6.07) is 0. The normalized spacial score (nSPS) is 10.8. The number of esters is 2. The summed E-state index contributed by atoms with van der Waals surface area (Å²) in [5, 5.41) is 8.69. The van der Waals surface area contributed by atoms with E-state index in [-0.39, 0.29) is 13.2 Å². The lowest BCUT2D eigenvalue weighted by Crippen LogP contribution is -2.28. The van der Waals surface area contributed by atoms with Crippen LogP contribution in [0.3, 0.4) is 0 Å². The van der Waals surface area contributed by atoms with Crippen LogP contribution < -0.4 is 0 Å². The largest absolute Gasteiger partial charge is 0.465 e. The Morgan fingerprint density at radius 1 is 0.739 bits per heavy atom. The predicted molar refractivity (Wildman–Crippen MR) is 90.0 cm³/mol. The summed E-state index contributed by atoms with van der Waals surface area (Å²) in [5.74, 6) is -1.70. The van der Waals surface area contributed by atoms with Crippen molar-refractivity contribution in [1.29, 1.82) is 0 Å². The number of carbonyl (C=O) groups is 2. The van der Waals surface area contributed by atoms with E-state index < -0.39 is 17.9 Å². The van der Waals surface area contributed by atoms with E-state index >= 15 is 0 Å². The predicted octanol–water partition coefficient (Wildman–Crippen LogP) is 3.62. The van der Waals surface area contributed by atoms with Crippen LogP contribution in [-0.2, 0) is 19.1 Å². The van der Waals surface area contributed by atoms with Gasteiger partial charge in [0.1, 0.15) is 0 Å². The molecule has 0 radical (unpaired) electrons. The summed E-state index contributed by atoms with van der Waals surface area (Å²) < 4.78 is 9.91. The van der Waals surface area contributed by atoms with E-state index in [1.807, 2.05) is 0 Å². The molecular formula is C18H34O5. The zero-order valence-corrected chi connectivity index (χ0v) is 14.8. The maximum Gasteiger partial charge on any atom is 0.320 e. The monoisotopic (exact) mass is 330 g/mol. The van der Waals surface area contributed by atoms with Gasteiger partial charge in [0.05, 0.1) is 13.2 Å². The molecular weight excluding hydrogens is 296 g/mol. The van der Waals surface area contributed by atoms with E-state index in [1.54, 1.807) is 13.8 Å². The van der Waals surface area contributed by atoms with Crippen LogP contribution in [0.1, 0.15) is 78.1 Å². The first kappa shape index (κ1) is 21.9. The Labute approximate surface area is 140 Å². The van der Waals surface area contributed by atoms with Crippen LogP contribution >= 0.6 is 0 Å². The molecule has 0 bridgehead atoms. The minimum atomic E-state index is -0.770. The van der Waals surface area contributed by atoms with Gasteiger partial charge in [0.15, 0.2) is 5.92 Å². The first-order valence-corrected chi connectivity index (χ1v) is 9.11. The topological polar surface area (TPSA) is 72.8 Å². The second-order valence-corrected chi connectivity index (χ2v) is 5.75. The third kappa shape index (κ3) is 12.0. The molecule has 0 unspecified atom stereocenters. The summed E-state index contributed by atoms with van der Waals surface area (Å²) in [5.41, 5.74) is 0. The molecule has 0 saturated heterocycles. The number of aliphatic hydroxyl groups excluding tert-OH is 1. The molecule has 0 amide bonds. The number of rotatable bonds is 15. The lowest BCUT2D eigenvalue weighted by atomic mass is 10.00. The number of hydrogen-bond acceptors (Lipinski definition) is 5. The molecule has 0 heterocycles. The van der Waals surface area contributed by atoms with Gasteiger partial charge < -0.3 is 14.6 Å². The Bertz CT molecular complexity index is 286. The van der Waals surface area contributed by atoms with E-state index in [9.17, 15) is 9.59 Å². The van der Waals surface area contributed by atoms with Gasteiger partial charge in [-0.2, -0.15) is 0 Å². The number of aliphatic hydroxyl groups is 1. The van der Waals surface area contributed by atoms with Gasteiger partial charge >= 0.3 is 11.9 Å². The van der Waals surface area contributed by atoms with E-state index in [0.29, 0.717) is 13.0 Å². The second kappa shape index (κ2) is 15.8. The van der Waals surface area contributed by atoms with Crippen LogP contribution in [0.15, 0.2) is 0 Å². The molecule has 0 atom stereocenters. The zero-order valence-electron chi connectivity index (χ0n) is 14.8. The molecule has 0 saturated carbocycles. The Balaban J connectivity index is 3.78. The number of hydrogen-bond donors (Lipinski definition) is 1. The van der Waals surface area contributed by atoms with Crippen molar-refractivity contribution in [3.8, 4) is 0 Å². The summed E-state index contributed by atoms with van der Waals surface area (Å²) in [6.45, 7) is 4.33. The summed E-state index contributed by atoms with van der Waals surface area (Å²) in [6.07, 6.45) is 10.3. The molecule has 23 heavy (non-hydrogen) atoms. The van der Waals surface area contributed by atoms with Crippen LogP contribution in [-0.4, -0.2) is 36.9 Å². The lowest BCUT2D eigenvalue weighted by Gasteiger charge is -2.14. The van der Waals surface area contributed by atoms with Crippen molar-refractivity contribution in [3.63, 3.8) is 0 Å². The molecule has 0 aliphatic heterocycles. The summed E-state index contributed by atoms with van der Waals surface area (Å²) in [4.78, 5) is 23.6. The third-order valence-corrected chi connectivity index (χ3v) is 3.79. The average molecular weight is 330 g/mol. The summed E-state index contributed by atoms with van der Waals surface area (Å²) in [7, 11) is 0. The van der Waals surface area contributed by atoms with Crippen LogP contribution in [0, 0.1) is 5.92 Å². The van der Waals surface area contributed by atoms with Crippen LogP contribution in [0.4, 0.5) is 0 Å². The van der Waals surface area contributed by atoms with Crippen molar-refractivity contribution in [2.45, 2.75) is 78.1 Å². The molecule has 5 heteroatoms. The van der Waals surface area contributed by atoms with Crippen LogP contribution in [0.5, 0.6) is 0 Å². The van der Waals surface area contributed by atoms with Crippen molar-refractivity contribution in [3.05, 3.63) is 0 Å². The quantitative estimate of drug-likeness (QED) is 0.282. The lowest BCUT2D eigenvalue weighted by molar-refractivity contribution is -0.161. The first-order valence-electron chi connectivity index (χ1n) is 9.11. The zero-order chi connectivity index (χ0) is 17.3. The van der Waals surface area contributed by atoms with Crippen molar-refractivity contribution in [2.75, 3.05) is 19.8 Å². The van der Waals surface area contributed by atoms with E-state index in [1.165, 1.54) is 25.7 Å². The standard InChI is InChI=1S/C18H34O5/c1-3-22-17(20)16(18(21)23-4-2)14-12-10-8-6-5-7-9-11-13-15-19/h16,19H,3-15H2,1-2H3. The van der Waals surface area contributed by atoms with Gasteiger partial charge in [-0.25, -0.2) is 0 Å². The minimum absolute atomic E-state index is 0.283. The number of ether oxygens (including phenoxy) is 2.